The first-order valence-corrected chi connectivity index (χ1v) is 6.88. The Morgan fingerprint density at radius 2 is 1.74 bits per heavy atom. The summed E-state index contributed by atoms with van der Waals surface area (Å²) in [6.45, 7) is 1.20. The van der Waals surface area contributed by atoms with Crippen molar-refractivity contribution in [3.8, 4) is 11.5 Å². The molecule has 1 atom stereocenters. The number of anilines is 2. The summed E-state index contributed by atoms with van der Waals surface area (Å²) in [6.07, 6.45) is -1.23. The molecular weight excluding hydrogens is 298 g/mol. The van der Waals surface area contributed by atoms with Crippen LogP contribution < -0.4 is 16.2 Å². The highest BCUT2D eigenvalue weighted by atomic mass is 16.6. The minimum Gasteiger partial charge on any atom is -0.479 e. The van der Waals surface area contributed by atoms with Crippen molar-refractivity contribution in [1.82, 2.24) is 4.98 Å². The number of aliphatic hydroxyl groups is 1. The van der Waals surface area contributed by atoms with Crippen LogP contribution in [-0.2, 0) is 4.79 Å². The van der Waals surface area contributed by atoms with Crippen LogP contribution in [0, 0.1) is 0 Å². The maximum atomic E-state index is 9.45. The molecule has 0 aliphatic carbocycles. The minimum atomic E-state index is -1.23. The number of rotatable bonds is 1. The molecule has 0 bridgehead atoms. The Hall–Kier alpha value is -3.06. The molecule has 6 N–H and O–H groups in total. The van der Waals surface area contributed by atoms with Crippen LogP contribution in [0.2, 0.25) is 0 Å². The smallest absolute Gasteiger partial charge is 0.332 e. The lowest BCUT2D eigenvalue weighted by Crippen LogP contribution is -2.13. The number of benzene rings is 2. The highest BCUT2D eigenvalue weighted by Gasteiger charge is 2.22. The molecule has 1 unspecified atom stereocenters. The van der Waals surface area contributed by atoms with Gasteiger partial charge in [0.2, 0.25) is 0 Å². The van der Waals surface area contributed by atoms with Crippen molar-refractivity contribution in [2.24, 2.45) is 0 Å². The molecule has 0 saturated heterocycles. The van der Waals surface area contributed by atoms with Crippen molar-refractivity contribution in [3.05, 3.63) is 30.3 Å². The molecule has 0 radical (unpaired) electrons. The lowest BCUT2D eigenvalue weighted by Gasteiger charge is -2.05. The van der Waals surface area contributed by atoms with E-state index in [1.165, 1.54) is 6.92 Å². The third-order valence-corrected chi connectivity index (χ3v) is 3.44. The first kappa shape index (κ1) is 14.9. The average molecular weight is 313 g/mol. The van der Waals surface area contributed by atoms with E-state index < -0.39 is 12.1 Å². The second-order valence-electron chi connectivity index (χ2n) is 5.23. The zero-order chi connectivity index (χ0) is 16.7. The predicted octanol–water partition coefficient (Wildman–Crippen LogP) is 2.11. The molecule has 4 rings (SSSR count). The molecule has 0 fully saturated rings. The van der Waals surface area contributed by atoms with Crippen LogP contribution in [0.5, 0.6) is 11.5 Å². The van der Waals surface area contributed by atoms with E-state index in [1.54, 1.807) is 0 Å². The number of nitrogen functional groups attached to an aromatic ring is 2. The van der Waals surface area contributed by atoms with Gasteiger partial charge in [0.1, 0.15) is 6.10 Å². The van der Waals surface area contributed by atoms with E-state index in [-0.39, 0.29) is 0 Å². The molecule has 0 saturated carbocycles. The highest BCUT2D eigenvalue weighted by Crippen LogP contribution is 2.48. The van der Waals surface area contributed by atoms with Crippen LogP contribution in [-0.4, -0.2) is 27.3 Å². The van der Waals surface area contributed by atoms with E-state index in [4.69, 9.17) is 26.4 Å². The second-order valence-corrected chi connectivity index (χ2v) is 5.23. The summed E-state index contributed by atoms with van der Waals surface area (Å²) in [5, 5.41) is 17.6. The lowest BCUT2D eigenvalue weighted by molar-refractivity contribution is -0.145. The van der Waals surface area contributed by atoms with E-state index in [9.17, 15) is 4.79 Å². The van der Waals surface area contributed by atoms with Crippen molar-refractivity contribution in [3.63, 3.8) is 0 Å². The summed E-state index contributed by atoms with van der Waals surface area (Å²) in [5.41, 5.74) is 15.0. The SMILES string of the molecule is CC(O)C(=O)O.Nc1ccc2c(N)c3cc4c(cc3nc2c1)O4. The summed E-state index contributed by atoms with van der Waals surface area (Å²) >= 11 is 0. The first-order valence-electron chi connectivity index (χ1n) is 6.88. The van der Waals surface area contributed by atoms with Gasteiger partial charge in [-0.15, -0.1) is 0 Å². The standard InChI is InChI=1S/C13H9N3O.C3H6O3/c14-6-1-2-7-9(3-6)16-10-5-12-11(17-12)4-8(10)13(7)15;1-2(4)3(5)6/h1-5H,14H2,(H2,15,16);2,4H,1H3,(H,5,6). The molecule has 0 spiro atoms. The number of carboxylic acid groups (broad SMARTS) is 1. The van der Waals surface area contributed by atoms with E-state index in [2.05, 4.69) is 4.98 Å². The molecule has 23 heavy (non-hydrogen) atoms. The molecule has 1 aliphatic rings. The van der Waals surface area contributed by atoms with Gasteiger partial charge >= 0.3 is 5.97 Å². The summed E-state index contributed by atoms with van der Waals surface area (Å²) in [6, 6.07) is 9.40. The molecule has 2 aromatic carbocycles. The second kappa shape index (κ2) is 5.29. The van der Waals surface area contributed by atoms with Crippen molar-refractivity contribution < 1.29 is 19.7 Å². The van der Waals surface area contributed by atoms with E-state index in [1.807, 2.05) is 30.3 Å². The summed E-state index contributed by atoms with van der Waals surface area (Å²) in [7, 11) is 0. The van der Waals surface area contributed by atoms with Gasteiger partial charge in [0, 0.05) is 22.5 Å². The monoisotopic (exact) mass is 313 g/mol. The van der Waals surface area contributed by atoms with Crippen molar-refractivity contribution in [1.29, 1.82) is 0 Å². The quantitative estimate of drug-likeness (QED) is 0.240. The third-order valence-electron chi connectivity index (χ3n) is 3.44. The number of nitrogens with two attached hydrogens (primary N) is 2. The molecule has 7 heteroatoms. The topological polar surface area (TPSA) is 135 Å². The number of hydrogen-bond acceptors (Lipinski definition) is 6. The fourth-order valence-corrected chi connectivity index (χ4v) is 2.15. The fourth-order valence-electron chi connectivity index (χ4n) is 2.15. The van der Waals surface area contributed by atoms with E-state index >= 15 is 0 Å². The number of aliphatic carboxylic acids is 1. The van der Waals surface area contributed by atoms with Gasteiger partial charge in [-0.3, -0.25) is 0 Å². The van der Waals surface area contributed by atoms with Gasteiger partial charge in [0.05, 0.1) is 16.7 Å². The molecule has 1 aliphatic heterocycles. The Morgan fingerprint density at radius 3 is 2.39 bits per heavy atom. The number of nitrogens with zero attached hydrogens (tertiary/aromatic N) is 1. The van der Waals surface area contributed by atoms with Crippen LogP contribution in [0.15, 0.2) is 30.3 Å². The zero-order valence-corrected chi connectivity index (χ0v) is 12.3. The number of pyridine rings is 1. The molecule has 2 heterocycles. The average Bonchev–Trinajstić information content (AvgIpc) is 3.24. The lowest BCUT2D eigenvalue weighted by atomic mass is 10.1. The highest BCUT2D eigenvalue weighted by molar-refractivity contribution is 6.08. The van der Waals surface area contributed by atoms with Crippen LogP contribution >= 0.6 is 0 Å². The normalized spacial score (nSPS) is 12.8. The van der Waals surface area contributed by atoms with Gasteiger partial charge in [-0.2, -0.15) is 0 Å². The Balaban J connectivity index is 0.000000227. The molecule has 0 amide bonds. The summed E-state index contributed by atoms with van der Waals surface area (Å²) < 4.78 is 5.27. The third kappa shape index (κ3) is 2.82. The Kier molecular flexibility index (Phi) is 3.42. The zero-order valence-electron chi connectivity index (χ0n) is 12.3. The van der Waals surface area contributed by atoms with E-state index in [0.717, 1.165) is 39.0 Å². The predicted molar refractivity (Wildman–Crippen MR) is 87.5 cm³/mol. The minimum absolute atomic E-state index is 0.687. The number of fused-ring (bicyclic) bond motifs is 3. The summed E-state index contributed by atoms with van der Waals surface area (Å²) in [5.74, 6) is 0.587. The van der Waals surface area contributed by atoms with Gasteiger partial charge in [-0.25, -0.2) is 9.78 Å². The summed E-state index contributed by atoms with van der Waals surface area (Å²) in [4.78, 5) is 14.0. The molecular formula is C16H15N3O4. The van der Waals surface area contributed by atoms with Crippen LogP contribution in [0.25, 0.3) is 21.8 Å². The Bertz CT molecular complexity index is 926. The van der Waals surface area contributed by atoms with E-state index in [0.29, 0.717) is 5.69 Å². The number of aromatic nitrogens is 1. The van der Waals surface area contributed by atoms with Crippen molar-refractivity contribution >= 4 is 39.1 Å². The van der Waals surface area contributed by atoms with Gasteiger partial charge in [0.25, 0.3) is 0 Å². The number of hydrogen-bond donors (Lipinski definition) is 4. The van der Waals surface area contributed by atoms with Gasteiger partial charge in [-0.05, 0) is 31.2 Å². The van der Waals surface area contributed by atoms with Crippen molar-refractivity contribution in [2.45, 2.75) is 13.0 Å². The van der Waals surface area contributed by atoms with Crippen molar-refractivity contribution in [2.75, 3.05) is 11.5 Å². The molecule has 7 nitrogen and oxygen atoms in total. The molecule has 1 aromatic heterocycles. The molecule has 118 valence electrons. The Morgan fingerprint density at radius 1 is 1.13 bits per heavy atom. The van der Waals surface area contributed by atoms with Crippen LogP contribution in [0.3, 0.4) is 0 Å². The number of carboxylic acids is 1. The molecule has 3 aromatic rings. The fraction of sp³-hybridized carbons (Fsp3) is 0.125. The number of carbonyl (C=O) groups is 1. The number of ether oxygens (including phenoxy) is 1. The Labute approximate surface area is 131 Å². The largest absolute Gasteiger partial charge is 0.479 e. The maximum absolute atomic E-state index is 9.45. The van der Waals surface area contributed by atoms with Gasteiger partial charge in [0.15, 0.2) is 11.5 Å². The van der Waals surface area contributed by atoms with Crippen LogP contribution in [0.4, 0.5) is 11.4 Å². The first-order chi connectivity index (χ1) is 10.9. The number of aliphatic hydroxyl groups excluding tert-OH is 1. The van der Waals surface area contributed by atoms with Crippen LogP contribution in [0.1, 0.15) is 6.92 Å². The van der Waals surface area contributed by atoms with Gasteiger partial charge < -0.3 is 26.4 Å². The maximum Gasteiger partial charge on any atom is 0.332 e. The van der Waals surface area contributed by atoms with Gasteiger partial charge in [-0.1, -0.05) is 0 Å².